The van der Waals surface area contributed by atoms with Crippen molar-refractivity contribution < 1.29 is 17.9 Å². The summed E-state index contributed by atoms with van der Waals surface area (Å²) in [4.78, 5) is 9.98. The number of likely N-dealkylation sites (tertiary alicyclic amines) is 1. The quantitative estimate of drug-likeness (QED) is 0.282. The minimum Gasteiger partial charge on any atom is -0.478 e. The number of halogens is 4. The molecule has 0 spiro atoms. The van der Waals surface area contributed by atoms with Crippen LogP contribution in [0.25, 0.3) is 0 Å². The number of guanidine groups is 1. The molecule has 30 heavy (non-hydrogen) atoms. The summed E-state index contributed by atoms with van der Waals surface area (Å²) in [7, 11) is 1.71. The number of alkyl halides is 3. The maximum absolute atomic E-state index is 12.5. The minimum absolute atomic E-state index is 0. The number of ether oxygens (including phenoxy) is 1. The molecule has 1 aliphatic heterocycles. The molecule has 0 amide bonds. The van der Waals surface area contributed by atoms with Gasteiger partial charge in [-0.15, -0.1) is 24.0 Å². The summed E-state index contributed by atoms with van der Waals surface area (Å²) < 4.78 is 42.8. The van der Waals surface area contributed by atoms with Gasteiger partial charge in [-0.25, -0.2) is 4.98 Å². The Hall–Kier alpha value is -1.30. The molecular weight excluding hydrogens is 510 g/mol. The molecule has 0 radical (unpaired) electrons. The molecule has 1 aromatic rings. The van der Waals surface area contributed by atoms with Gasteiger partial charge < -0.3 is 15.4 Å². The van der Waals surface area contributed by atoms with Crippen LogP contribution in [-0.4, -0.2) is 61.9 Å². The van der Waals surface area contributed by atoms with Crippen molar-refractivity contribution in [2.24, 2.45) is 10.9 Å². The Morgan fingerprint density at radius 3 is 2.57 bits per heavy atom. The summed E-state index contributed by atoms with van der Waals surface area (Å²) in [6.07, 6.45) is 1.15. The van der Waals surface area contributed by atoms with Gasteiger partial charge in [0.25, 0.3) is 0 Å². The summed E-state index contributed by atoms with van der Waals surface area (Å²) in [6, 6.07) is 3.82. The number of aromatic nitrogens is 1. The molecule has 0 saturated carbocycles. The minimum atomic E-state index is -4.11. The number of nitrogens with one attached hydrogen (secondary N) is 2. The first-order chi connectivity index (χ1) is 13.9. The number of nitrogens with zero attached hydrogens (tertiary/aromatic N) is 3. The predicted octanol–water partition coefficient (Wildman–Crippen LogP) is 3.82. The van der Waals surface area contributed by atoms with E-state index in [1.807, 2.05) is 19.1 Å². The first kappa shape index (κ1) is 26.7. The van der Waals surface area contributed by atoms with Crippen molar-refractivity contribution in [1.82, 2.24) is 20.5 Å². The van der Waals surface area contributed by atoms with E-state index in [2.05, 4.69) is 20.6 Å². The van der Waals surface area contributed by atoms with Crippen molar-refractivity contribution in [3.05, 3.63) is 23.9 Å². The number of rotatable bonds is 9. The van der Waals surface area contributed by atoms with E-state index in [9.17, 15) is 13.2 Å². The van der Waals surface area contributed by atoms with Gasteiger partial charge in [0.2, 0.25) is 5.88 Å². The lowest BCUT2D eigenvalue weighted by Gasteiger charge is -2.32. The monoisotopic (exact) mass is 543 g/mol. The van der Waals surface area contributed by atoms with Gasteiger partial charge in [-0.3, -0.25) is 9.89 Å². The van der Waals surface area contributed by atoms with Gasteiger partial charge in [0, 0.05) is 32.4 Å². The molecule has 172 valence electrons. The molecule has 1 aromatic heterocycles. The van der Waals surface area contributed by atoms with E-state index in [4.69, 9.17) is 4.74 Å². The number of piperidine rings is 1. The van der Waals surface area contributed by atoms with E-state index in [0.717, 1.165) is 37.8 Å². The van der Waals surface area contributed by atoms with E-state index in [-0.39, 0.29) is 24.0 Å². The maximum atomic E-state index is 12.5. The highest BCUT2D eigenvalue weighted by Crippen LogP contribution is 2.23. The van der Waals surface area contributed by atoms with E-state index in [1.165, 1.54) is 4.90 Å². The van der Waals surface area contributed by atoms with Gasteiger partial charge in [0.1, 0.15) is 0 Å². The van der Waals surface area contributed by atoms with Gasteiger partial charge in [0.05, 0.1) is 13.2 Å². The van der Waals surface area contributed by atoms with Gasteiger partial charge in [0.15, 0.2) is 5.96 Å². The number of pyridine rings is 1. The van der Waals surface area contributed by atoms with Gasteiger partial charge in [-0.2, -0.15) is 13.2 Å². The fourth-order valence-corrected chi connectivity index (χ4v) is 3.30. The van der Waals surface area contributed by atoms with Crippen LogP contribution in [0.2, 0.25) is 0 Å². The van der Waals surface area contributed by atoms with E-state index in [1.54, 1.807) is 13.2 Å². The second-order valence-corrected chi connectivity index (χ2v) is 7.33. The second kappa shape index (κ2) is 13.9. The SMILES string of the molecule is CCCOc1ccc(CNC(=NC)NCCC2CCN(CC(F)(F)F)CC2)cn1.I. The lowest BCUT2D eigenvalue weighted by atomic mass is 9.93. The fourth-order valence-electron chi connectivity index (χ4n) is 3.30. The lowest BCUT2D eigenvalue weighted by molar-refractivity contribution is -0.148. The fraction of sp³-hybridized carbons (Fsp3) is 0.700. The molecule has 2 rings (SSSR count). The summed E-state index contributed by atoms with van der Waals surface area (Å²) in [6.45, 7) is 4.28. The molecule has 2 heterocycles. The van der Waals surface area contributed by atoms with Crippen LogP contribution in [0.5, 0.6) is 5.88 Å². The summed E-state index contributed by atoms with van der Waals surface area (Å²) in [5.41, 5.74) is 1.02. The van der Waals surface area contributed by atoms with Crippen LogP contribution < -0.4 is 15.4 Å². The summed E-state index contributed by atoms with van der Waals surface area (Å²) in [5, 5.41) is 6.52. The Bertz CT molecular complexity index is 620. The van der Waals surface area contributed by atoms with Crippen LogP contribution in [0.15, 0.2) is 23.3 Å². The highest BCUT2D eigenvalue weighted by Gasteiger charge is 2.32. The molecular formula is C20H33F3IN5O. The molecule has 0 aliphatic carbocycles. The van der Waals surface area contributed by atoms with Crippen molar-refractivity contribution in [3.63, 3.8) is 0 Å². The Kier molecular flexibility index (Phi) is 12.4. The van der Waals surface area contributed by atoms with Gasteiger partial charge in [-0.1, -0.05) is 13.0 Å². The topological polar surface area (TPSA) is 61.8 Å². The lowest BCUT2D eigenvalue weighted by Crippen LogP contribution is -2.41. The Morgan fingerprint density at radius 2 is 2.00 bits per heavy atom. The molecule has 0 unspecified atom stereocenters. The number of aliphatic imine (C=N–C) groups is 1. The molecule has 1 saturated heterocycles. The van der Waals surface area contributed by atoms with Crippen molar-refractivity contribution in [3.8, 4) is 5.88 Å². The highest BCUT2D eigenvalue weighted by atomic mass is 127. The standard InChI is InChI=1S/C20H32F3N5O.HI/c1-3-12-29-18-5-4-17(13-26-18)14-27-19(24-2)25-9-6-16-7-10-28(11-8-16)15-20(21,22)23;/h4-5,13,16H,3,6-12,14-15H2,1-2H3,(H2,24,25,27);1H. The first-order valence-electron chi connectivity index (χ1n) is 10.2. The molecule has 6 nitrogen and oxygen atoms in total. The Morgan fingerprint density at radius 1 is 1.27 bits per heavy atom. The van der Waals surface area contributed by atoms with Crippen LogP contribution >= 0.6 is 24.0 Å². The Labute approximate surface area is 194 Å². The average Bonchev–Trinajstić information content (AvgIpc) is 2.70. The summed E-state index contributed by atoms with van der Waals surface area (Å²) >= 11 is 0. The smallest absolute Gasteiger partial charge is 0.401 e. The average molecular weight is 543 g/mol. The van der Waals surface area contributed by atoms with Crippen molar-refractivity contribution >= 4 is 29.9 Å². The zero-order valence-electron chi connectivity index (χ0n) is 17.7. The zero-order chi connectivity index (χ0) is 21.1. The third kappa shape index (κ3) is 10.6. The normalized spacial score (nSPS) is 16.1. The van der Waals surface area contributed by atoms with Crippen LogP contribution in [0.3, 0.4) is 0 Å². The van der Waals surface area contributed by atoms with E-state index in [0.29, 0.717) is 44.0 Å². The number of hydrogen-bond donors (Lipinski definition) is 2. The van der Waals surface area contributed by atoms with Crippen LogP contribution in [-0.2, 0) is 6.54 Å². The Balaban J connectivity index is 0.00000450. The molecule has 10 heteroatoms. The van der Waals surface area contributed by atoms with Crippen LogP contribution in [0, 0.1) is 5.92 Å². The van der Waals surface area contributed by atoms with Gasteiger partial charge in [-0.05, 0) is 50.3 Å². The molecule has 1 aliphatic rings. The summed E-state index contributed by atoms with van der Waals surface area (Å²) in [5.74, 6) is 1.77. The van der Waals surface area contributed by atoms with Crippen molar-refractivity contribution in [2.45, 2.75) is 45.3 Å². The van der Waals surface area contributed by atoms with Gasteiger partial charge >= 0.3 is 6.18 Å². The first-order valence-corrected chi connectivity index (χ1v) is 10.2. The van der Waals surface area contributed by atoms with Crippen LogP contribution in [0.4, 0.5) is 13.2 Å². The highest BCUT2D eigenvalue weighted by molar-refractivity contribution is 14.0. The maximum Gasteiger partial charge on any atom is 0.401 e. The number of hydrogen-bond acceptors (Lipinski definition) is 4. The predicted molar refractivity (Wildman–Crippen MR) is 123 cm³/mol. The second-order valence-electron chi connectivity index (χ2n) is 7.33. The van der Waals surface area contributed by atoms with E-state index >= 15 is 0 Å². The van der Waals surface area contributed by atoms with E-state index < -0.39 is 12.7 Å². The molecule has 0 atom stereocenters. The van der Waals surface area contributed by atoms with Crippen LogP contribution in [0.1, 0.15) is 38.2 Å². The largest absolute Gasteiger partial charge is 0.478 e. The molecule has 0 aromatic carbocycles. The third-order valence-electron chi connectivity index (χ3n) is 4.89. The third-order valence-corrected chi connectivity index (χ3v) is 4.89. The zero-order valence-corrected chi connectivity index (χ0v) is 20.0. The van der Waals surface area contributed by atoms with Crippen molar-refractivity contribution in [2.75, 3.05) is 39.8 Å². The molecule has 0 bridgehead atoms. The van der Waals surface area contributed by atoms with Crippen molar-refractivity contribution in [1.29, 1.82) is 0 Å². The molecule has 2 N–H and O–H groups in total. The molecule has 1 fully saturated rings.